The van der Waals surface area contributed by atoms with Crippen LogP contribution in [0.2, 0.25) is 0 Å². The van der Waals surface area contributed by atoms with Crippen LogP contribution in [-0.4, -0.2) is 58.5 Å². The Labute approximate surface area is 188 Å². The Balaban J connectivity index is 1.35. The average Bonchev–Trinajstić information content (AvgIpc) is 3.36. The first-order chi connectivity index (χ1) is 15.1. The molecule has 1 aromatic heterocycles. The Bertz CT molecular complexity index is 1010. The quantitative estimate of drug-likeness (QED) is 0.518. The van der Waals surface area contributed by atoms with Gasteiger partial charge in [0.15, 0.2) is 5.16 Å². The number of thioether (sulfide) groups is 1. The predicted molar refractivity (Wildman–Crippen MR) is 125 cm³/mol. The third-order valence-corrected chi connectivity index (χ3v) is 6.75. The minimum Gasteiger partial charge on any atom is -0.383 e. The smallest absolute Gasteiger partial charge is 0.233 e. The number of para-hydroxylation sites is 2. The van der Waals surface area contributed by atoms with Gasteiger partial charge in [-0.25, -0.2) is 4.98 Å². The van der Waals surface area contributed by atoms with E-state index in [1.807, 2.05) is 31.2 Å². The molecule has 6 nitrogen and oxygen atoms in total. The van der Waals surface area contributed by atoms with Crippen molar-refractivity contribution in [3.8, 4) is 0 Å². The number of likely N-dealkylation sites (tertiary alicyclic amines) is 1. The van der Waals surface area contributed by atoms with Crippen molar-refractivity contribution in [2.24, 2.45) is 0 Å². The van der Waals surface area contributed by atoms with Crippen LogP contribution in [0.5, 0.6) is 0 Å². The standard InChI is InChI=1S/C24H30N4O2S/c1-18(31-24-26-21-10-6-7-11-22(21)28(24)14-15-30-2)23(29)25-20-12-13-27(17-20)16-19-8-4-3-5-9-19/h3-11,18,20H,12-17H2,1-2H3,(H,25,29). The van der Waals surface area contributed by atoms with Crippen molar-refractivity contribution in [2.75, 3.05) is 26.8 Å². The Kier molecular flexibility index (Phi) is 7.27. The maximum absolute atomic E-state index is 12.9. The summed E-state index contributed by atoms with van der Waals surface area (Å²) in [7, 11) is 1.70. The van der Waals surface area contributed by atoms with Crippen LogP contribution >= 0.6 is 11.8 Å². The van der Waals surface area contributed by atoms with Gasteiger partial charge in [0.05, 0.1) is 22.9 Å². The molecule has 0 aliphatic carbocycles. The monoisotopic (exact) mass is 438 g/mol. The Morgan fingerprint density at radius 2 is 2.00 bits per heavy atom. The van der Waals surface area contributed by atoms with E-state index in [1.165, 1.54) is 17.3 Å². The Hall–Kier alpha value is -2.35. The molecule has 3 aromatic rings. The number of benzene rings is 2. The highest BCUT2D eigenvalue weighted by Gasteiger charge is 2.26. The first-order valence-corrected chi connectivity index (χ1v) is 11.7. The number of hydrogen-bond donors (Lipinski definition) is 1. The van der Waals surface area contributed by atoms with E-state index in [-0.39, 0.29) is 17.2 Å². The summed E-state index contributed by atoms with van der Waals surface area (Å²) in [5.41, 5.74) is 3.33. The molecule has 31 heavy (non-hydrogen) atoms. The van der Waals surface area contributed by atoms with Gasteiger partial charge in [0.25, 0.3) is 0 Å². The molecule has 0 bridgehead atoms. The molecule has 2 unspecified atom stereocenters. The SMILES string of the molecule is COCCn1c(SC(C)C(=O)NC2CCN(Cc3ccccc3)C2)nc2ccccc21. The van der Waals surface area contributed by atoms with Gasteiger partial charge in [-0.05, 0) is 31.0 Å². The third kappa shape index (κ3) is 5.47. The fourth-order valence-corrected chi connectivity index (χ4v) is 4.97. The average molecular weight is 439 g/mol. The van der Waals surface area contributed by atoms with Gasteiger partial charge in [-0.2, -0.15) is 0 Å². The van der Waals surface area contributed by atoms with Crippen LogP contribution in [0.25, 0.3) is 11.0 Å². The molecule has 2 heterocycles. The zero-order valence-electron chi connectivity index (χ0n) is 18.2. The molecule has 1 N–H and O–H groups in total. The zero-order valence-corrected chi connectivity index (χ0v) is 19.0. The lowest BCUT2D eigenvalue weighted by Crippen LogP contribution is -2.40. The van der Waals surface area contributed by atoms with E-state index in [0.717, 1.165) is 42.2 Å². The number of imidazole rings is 1. The number of carbonyl (C=O) groups is 1. The van der Waals surface area contributed by atoms with E-state index in [4.69, 9.17) is 9.72 Å². The number of carbonyl (C=O) groups excluding carboxylic acids is 1. The van der Waals surface area contributed by atoms with E-state index >= 15 is 0 Å². The highest BCUT2D eigenvalue weighted by atomic mass is 32.2. The molecule has 2 aromatic carbocycles. The van der Waals surface area contributed by atoms with Gasteiger partial charge in [-0.3, -0.25) is 9.69 Å². The van der Waals surface area contributed by atoms with Crippen molar-refractivity contribution in [1.82, 2.24) is 19.8 Å². The number of hydrogen-bond acceptors (Lipinski definition) is 5. The summed E-state index contributed by atoms with van der Waals surface area (Å²) in [6.45, 7) is 6.11. The molecule has 1 aliphatic rings. The van der Waals surface area contributed by atoms with Crippen LogP contribution in [-0.2, 0) is 22.6 Å². The van der Waals surface area contributed by atoms with Crippen molar-refractivity contribution in [2.45, 2.75) is 42.9 Å². The summed E-state index contributed by atoms with van der Waals surface area (Å²) in [4.78, 5) is 20.1. The van der Waals surface area contributed by atoms with Gasteiger partial charge in [-0.15, -0.1) is 0 Å². The summed E-state index contributed by atoms with van der Waals surface area (Å²) < 4.78 is 7.41. The molecular formula is C24H30N4O2S. The van der Waals surface area contributed by atoms with Gasteiger partial charge < -0.3 is 14.6 Å². The van der Waals surface area contributed by atoms with E-state index in [1.54, 1.807) is 7.11 Å². The second-order valence-corrected chi connectivity index (χ2v) is 9.31. The minimum atomic E-state index is -0.221. The molecule has 1 aliphatic heterocycles. The van der Waals surface area contributed by atoms with E-state index in [2.05, 4.69) is 45.1 Å². The summed E-state index contributed by atoms with van der Waals surface area (Å²) >= 11 is 1.51. The van der Waals surface area contributed by atoms with E-state index in [9.17, 15) is 4.79 Å². The number of nitrogens with one attached hydrogen (secondary N) is 1. The number of rotatable bonds is 9. The van der Waals surface area contributed by atoms with Crippen molar-refractivity contribution < 1.29 is 9.53 Å². The molecule has 1 saturated heterocycles. The molecule has 1 amide bonds. The maximum atomic E-state index is 12.9. The fourth-order valence-electron chi connectivity index (χ4n) is 4.01. The normalized spacial score (nSPS) is 17.8. The first-order valence-electron chi connectivity index (χ1n) is 10.8. The predicted octanol–water partition coefficient (Wildman–Crippen LogP) is 3.55. The molecular weight excluding hydrogens is 408 g/mol. The van der Waals surface area contributed by atoms with Gasteiger partial charge in [-0.1, -0.05) is 54.2 Å². The van der Waals surface area contributed by atoms with Crippen LogP contribution in [0, 0.1) is 0 Å². The number of ether oxygens (including phenoxy) is 1. The molecule has 164 valence electrons. The van der Waals surface area contributed by atoms with Gasteiger partial charge in [0.2, 0.25) is 5.91 Å². The van der Waals surface area contributed by atoms with Crippen LogP contribution in [0.1, 0.15) is 18.9 Å². The molecule has 0 spiro atoms. The lowest BCUT2D eigenvalue weighted by molar-refractivity contribution is -0.120. The number of methoxy groups -OCH3 is 1. The van der Waals surface area contributed by atoms with Gasteiger partial charge in [0.1, 0.15) is 0 Å². The second-order valence-electron chi connectivity index (χ2n) is 8.00. The molecule has 7 heteroatoms. The lowest BCUT2D eigenvalue weighted by Gasteiger charge is -2.18. The van der Waals surface area contributed by atoms with E-state index in [0.29, 0.717) is 13.2 Å². The summed E-state index contributed by atoms with van der Waals surface area (Å²) in [5.74, 6) is 0.0712. The summed E-state index contributed by atoms with van der Waals surface area (Å²) in [5, 5.41) is 3.89. The molecule has 1 fully saturated rings. The van der Waals surface area contributed by atoms with Crippen LogP contribution in [0.4, 0.5) is 0 Å². The Morgan fingerprint density at radius 3 is 2.81 bits per heavy atom. The number of nitrogens with zero attached hydrogens (tertiary/aromatic N) is 3. The molecule has 2 atom stereocenters. The van der Waals surface area contributed by atoms with E-state index < -0.39 is 0 Å². The van der Waals surface area contributed by atoms with Crippen LogP contribution in [0.15, 0.2) is 59.8 Å². The number of amides is 1. The fraction of sp³-hybridized carbons (Fsp3) is 0.417. The number of fused-ring (bicyclic) bond motifs is 1. The highest BCUT2D eigenvalue weighted by Crippen LogP contribution is 2.27. The largest absolute Gasteiger partial charge is 0.383 e. The molecule has 0 saturated carbocycles. The van der Waals surface area contributed by atoms with Crippen LogP contribution in [0.3, 0.4) is 0 Å². The van der Waals surface area contributed by atoms with Crippen molar-refractivity contribution >= 4 is 28.7 Å². The zero-order chi connectivity index (χ0) is 21.6. The van der Waals surface area contributed by atoms with Gasteiger partial charge in [0, 0.05) is 39.3 Å². The number of aromatic nitrogens is 2. The second kappa shape index (κ2) is 10.3. The third-order valence-electron chi connectivity index (χ3n) is 5.66. The molecule has 4 rings (SSSR count). The highest BCUT2D eigenvalue weighted by molar-refractivity contribution is 8.00. The topological polar surface area (TPSA) is 59.4 Å². The maximum Gasteiger partial charge on any atom is 0.233 e. The van der Waals surface area contributed by atoms with Crippen molar-refractivity contribution in [1.29, 1.82) is 0 Å². The van der Waals surface area contributed by atoms with Crippen LogP contribution < -0.4 is 5.32 Å². The van der Waals surface area contributed by atoms with Gasteiger partial charge >= 0.3 is 0 Å². The minimum absolute atomic E-state index is 0.0712. The Morgan fingerprint density at radius 1 is 1.23 bits per heavy atom. The summed E-state index contributed by atoms with van der Waals surface area (Å²) in [6.07, 6.45) is 0.988. The van der Waals surface area contributed by atoms with Crippen molar-refractivity contribution in [3.05, 3.63) is 60.2 Å². The lowest BCUT2D eigenvalue weighted by atomic mass is 10.2. The molecule has 0 radical (unpaired) electrons. The van der Waals surface area contributed by atoms with Crippen molar-refractivity contribution in [3.63, 3.8) is 0 Å². The first kappa shape index (κ1) is 21.9. The summed E-state index contributed by atoms with van der Waals surface area (Å²) in [6, 6.07) is 18.8.